The number of carbonyl (C=O) groups excluding carboxylic acids is 1. The number of nitrogens with one attached hydrogen (secondary N) is 1. The van der Waals surface area contributed by atoms with Crippen LogP contribution in [-0.2, 0) is 11.2 Å². The van der Waals surface area contributed by atoms with E-state index in [0.29, 0.717) is 23.1 Å². The van der Waals surface area contributed by atoms with E-state index in [9.17, 15) is 9.59 Å². The SMILES string of the molecule is CN(C(=O)Cc1ccc(Cl)c(Cl)c1)[C@H](CN1CC[C@H](NC(=O)O)C1)c1ccccc1. The summed E-state index contributed by atoms with van der Waals surface area (Å²) in [5.41, 5.74) is 1.84. The normalized spacial score (nSPS) is 17.5. The quantitative estimate of drug-likeness (QED) is 0.667. The van der Waals surface area contributed by atoms with Crippen LogP contribution in [0.5, 0.6) is 0 Å². The van der Waals surface area contributed by atoms with E-state index in [-0.39, 0.29) is 24.4 Å². The Kier molecular flexibility index (Phi) is 7.58. The number of halogens is 2. The molecule has 1 saturated heterocycles. The number of amides is 2. The number of likely N-dealkylation sites (tertiary alicyclic amines) is 1. The summed E-state index contributed by atoms with van der Waals surface area (Å²) in [5.74, 6) is -0.0262. The highest BCUT2D eigenvalue weighted by Gasteiger charge is 2.29. The average molecular weight is 450 g/mol. The molecular weight excluding hydrogens is 425 g/mol. The smallest absolute Gasteiger partial charge is 0.404 e. The Morgan fingerprint density at radius 2 is 1.93 bits per heavy atom. The largest absolute Gasteiger partial charge is 0.465 e. The van der Waals surface area contributed by atoms with Gasteiger partial charge in [0.15, 0.2) is 0 Å². The van der Waals surface area contributed by atoms with E-state index in [0.717, 1.165) is 24.1 Å². The van der Waals surface area contributed by atoms with Crippen LogP contribution in [0.4, 0.5) is 4.79 Å². The Balaban J connectivity index is 1.72. The summed E-state index contributed by atoms with van der Waals surface area (Å²) in [7, 11) is 1.81. The van der Waals surface area contributed by atoms with Crippen molar-refractivity contribution in [3.05, 3.63) is 69.7 Å². The Labute approximate surface area is 186 Å². The zero-order chi connectivity index (χ0) is 21.7. The highest BCUT2D eigenvalue weighted by molar-refractivity contribution is 6.42. The van der Waals surface area contributed by atoms with Gasteiger partial charge in [-0.05, 0) is 29.7 Å². The molecule has 8 heteroatoms. The van der Waals surface area contributed by atoms with Gasteiger partial charge in [0.1, 0.15) is 0 Å². The van der Waals surface area contributed by atoms with E-state index < -0.39 is 6.09 Å². The molecule has 0 radical (unpaired) electrons. The van der Waals surface area contributed by atoms with Crippen molar-refractivity contribution < 1.29 is 14.7 Å². The summed E-state index contributed by atoms with van der Waals surface area (Å²) >= 11 is 12.1. The molecule has 0 bridgehead atoms. The molecule has 2 N–H and O–H groups in total. The summed E-state index contributed by atoms with van der Waals surface area (Å²) < 4.78 is 0. The van der Waals surface area contributed by atoms with Gasteiger partial charge in [-0.1, -0.05) is 59.6 Å². The lowest BCUT2D eigenvalue weighted by atomic mass is 10.0. The van der Waals surface area contributed by atoms with Gasteiger partial charge in [-0.25, -0.2) is 4.79 Å². The monoisotopic (exact) mass is 449 g/mol. The van der Waals surface area contributed by atoms with Crippen LogP contribution in [0, 0.1) is 0 Å². The number of rotatable bonds is 7. The van der Waals surface area contributed by atoms with Crippen molar-refractivity contribution in [2.24, 2.45) is 0 Å². The lowest BCUT2D eigenvalue weighted by Gasteiger charge is -2.32. The average Bonchev–Trinajstić information content (AvgIpc) is 3.15. The minimum absolute atomic E-state index is 0.0262. The predicted octanol–water partition coefficient (Wildman–Crippen LogP) is 4.08. The van der Waals surface area contributed by atoms with Gasteiger partial charge in [-0.3, -0.25) is 9.69 Å². The summed E-state index contributed by atoms with van der Waals surface area (Å²) in [6.07, 6.45) is -0.0235. The van der Waals surface area contributed by atoms with Gasteiger partial charge < -0.3 is 15.3 Å². The van der Waals surface area contributed by atoms with Gasteiger partial charge in [0, 0.05) is 32.7 Å². The van der Waals surface area contributed by atoms with E-state index in [1.54, 1.807) is 30.1 Å². The van der Waals surface area contributed by atoms with Crippen LogP contribution in [0.15, 0.2) is 48.5 Å². The maximum atomic E-state index is 13.0. The molecule has 1 heterocycles. The number of carboxylic acid groups (broad SMARTS) is 1. The van der Waals surface area contributed by atoms with Crippen LogP contribution >= 0.6 is 23.2 Å². The Morgan fingerprint density at radius 3 is 2.60 bits per heavy atom. The molecule has 0 saturated carbocycles. The Morgan fingerprint density at radius 1 is 1.20 bits per heavy atom. The second kappa shape index (κ2) is 10.2. The summed E-state index contributed by atoms with van der Waals surface area (Å²) in [5, 5.41) is 12.4. The first-order valence-corrected chi connectivity index (χ1v) is 10.6. The molecule has 1 aliphatic rings. The van der Waals surface area contributed by atoms with Crippen molar-refractivity contribution >= 4 is 35.2 Å². The first-order chi connectivity index (χ1) is 14.3. The second-order valence-electron chi connectivity index (χ2n) is 7.55. The standard InChI is InChI=1S/C22H25Cl2N3O3/c1-26(21(28)12-15-7-8-18(23)19(24)11-15)20(16-5-3-2-4-6-16)14-27-10-9-17(13-27)25-22(29)30/h2-8,11,17,20,25H,9-10,12-14H2,1H3,(H,29,30)/t17-,20+/m0/s1. The van der Waals surface area contributed by atoms with Crippen LogP contribution < -0.4 is 5.32 Å². The fourth-order valence-electron chi connectivity index (χ4n) is 3.78. The van der Waals surface area contributed by atoms with Crippen LogP contribution in [0.1, 0.15) is 23.6 Å². The summed E-state index contributed by atoms with van der Waals surface area (Å²) in [6.45, 7) is 2.04. The zero-order valence-corrected chi connectivity index (χ0v) is 18.2. The van der Waals surface area contributed by atoms with Gasteiger partial charge in [-0.2, -0.15) is 0 Å². The van der Waals surface area contributed by atoms with Gasteiger partial charge >= 0.3 is 6.09 Å². The van der Waals surface area contributed by atoms with E-state index in [1.807, 2.05) is 30.3 Å². The van der Waals surface area contributed by atoms with Crippen molar-refractivity contribution in [3.8, 4) is 0 Å². The maximum Gasteiger partial charge on any atom is 0.404 e. The fourth-order valence-corrected chi connectivity index (χ4v) is 4.11. The van der Waals surface area contributed by atoms with Gasteiger partial charge in [0.2, 0.25) is 5.91 Å². The molecule has 160 valence electrons. The van der Waals surface area contributed by atoms with Crippen molar-refractivity contribution in [1.29, 1.82) is 0 Å². The number of hydrogen-bond acceptors (Lipinski definition) is 3. The third-order valence-electron chi connectivity index (χ3n) is 5.42. The fraction of sp³-hybridized carbons (Fsp3) is 0.364. The van der Waals surface area contributed by atoms with Crippen molar-refractivity contribution in [2.45, 2.75) is 24.9 Å². The van der Waals surface area contributed by atoms with E-state index in [2.05, 4.69) is 10.2 Å². The Bertz CT molecular complexity index is 894. The molecular formula is C22H25Cl2N3O3. The Hall–Kier alpha value is -2.28. The van der Waals surface area contributed by atoms with Crippen LogP contribution in [-0.4, -0.2) is 59.6 Å². The van der Waals surface area contributed by atoms with Crippen molar-refractivity contribution in [2.75, 3.05) is 26.7 Å². The summed E-state index contributed by atoms with van der Waals surface area (Å²) in [6, 6.07) is 14.9. The lowest BCUT2D eigenvalue weighted by molar-refractivity contribution is -0.131. The molecule has 0 unspecified atom stereocenters. The van der Waals surface area contributed by atoms with E-state index >= 15 is 0 Å². The topological polar surface area (TPSA) is 72.9 Å². The lowest BCUT2D eigenvalue weighted by Crippen LogP contribution is -2.41. The van der Waals surface area contributed by atoms with Crippen LogP contribution in [0.2, 0.25) is 10.0 Å². The molecule has 2 aromatic rings. The van der Waals surface area contributed by atoms with Crippen molar-refractivity contribution in [3.63, 3.8) is 0 Å². The molecule has 2 atom stereocenters. The molecule has 6 nitrogen and oxygen atoms in total. The number of hydrogen-bond donors (Lipinski definition) is 2. The molecule has 0 aromatic heterocycles. The third-order valence-corrected chi connectivity index (χ3v) is 6.15. The number of likely N-dealkylation sites (N-methyl/N-ethyl adjacent to an activating group) is 1. The number of nitrogens with zero attached hydrogens (tertiary/aromatic N) is 2. The molecule has 1 fully saturated rings. The van der Waals surface area contributed by atoms with Gasteiger partial charge in [0.05, 0.1) is 22.5 Å². The van der Waals surface area contributed by atoms with Gasteiger partial charge in [-0.15, -0.1) is 0 Å². The predicted molar refractivity (Wildman–Crippen MR) is 118 cm³/mol. The van der Waals surface area contributed by atoms with Crippen molar-refractivity contribution in [1.82, 2.24) is 15.1 Å². The molecule has 1 aliphatic heterocycles. The maximum absolute atomic E-state index is 13.0. The number of benzene rings is 2. The highest BCUT2D eigenvalue weighted by atomic mass is 35.5. The number of carbonyl (C=O) groups is 2. The molecule has 30 heavy (non-hydrogen) atoms. The molecule has 2 amide bonds. The van der Waals surface area contributed by atoms with E-state index in [4.69, 9.17) is 28.3 Å². The van der Waals surface area contributed by atoms with E-state index in [1.165, 1.54) is 0 Å². The first-order valence-electron chi connectivity index (χ1n) is 9.80. The molecule has 0 aliphatic carbocycles. The molecule has 3 rings (SSSR count). The first kappa shape index (κ1) is 22.4. The zero-order valence-electron chi connectivity index (χ0n) is 16.7. The second-order valence-corrected chi connectivity index (χ2v) is 8.37. The minimum atomic E-state index is -1.00. The molecule has 2 aromatic carbocycles. The summed E-state index contributed by atoms with van der Waals surface area (Å²) in [4.78, 5) is 27.9. The van der Waals surface area contributed by atoms with Crippen LogP contribution in [0.3, 0.4) is 0 Å². The third kappa shape index (κ3) is 5.88. The van der Waals surface area contributed by atoms with Gasteiger partial charge in [0.25, 0.3) is 0 Å². The highest BCUT2D eigenvalue weighted by Crippen LogP contribution is 2.26. The van der Waals surface area contributed by atoms with Crippen LogP contribution in [0.25, 0.3) is 0 Å². The molecule has 0 spiro atoms. The minimum Gasteiger partial charge on any atom is -0.465 e.